The number of halogens is 3. The Kier molecular flexibility index (Phi) is 2.08. The molecule has 0 saturated heterocycles. The van der Waals surface area contributed by atoms with Gasteiger partial charge < -0.3 is 5.32 Å². The average molecular weight is 241 g/mol. The Balaban J connectivity index is 2.24. The maximum atomic E-state index is 12.9. The van der Waals surface area contributed by atoms with Crippen molar-refractivity contribution in [2.24, 2.45) is 0 Å². The molecule has 0 spiro atoms. The molecule has 3 rings (SSSR count). The Labute approximate surface area is 95.3 Å². The van der Waals surface area contributed by atoms with Crippen molar-refractivity contribution in [1.29, 1.82) is 0 Å². The molecule has 1 unspecified atom stereocenters. The summed E-state index contributed by atoms with van der Waals surface area (Å²) in [4.78, 5) is 4.17. The molecule has 90 valence electrons. The van der Waals surface area contributed by atoms with Gasteiger partial charge in [0.25, 0.3) is 0 Å². The molecular formula is C11H10F3N3. The van der Waals surface area contributed by atoms with Gasteiger partial charge in [-0.05, 0) is 18.6 Å². The van der Waals surface area contributed by atoms with Crippen LogP contribution < -0.4 is 5.32 Å². The molecule has 0 amide bonds. The van der Waals surface area contributed by atoms with Gasteiger partial charge in [0.1, 0.15) is 6.04 Å². The van der Waals surface area contributed by atoms with Crippen LogP contribution in [-0.2, 0) is 0 Å². The van der Waals surface area contributed by atoms with E-state index in [1.807, 2.05) is 0 Å². The number of aromatic nitrogens is 2. The molecule has 1 atom stereocenters. The lowest BCUT2D eigenvalue weighted by Gasteiger charge is -2.28. The first-order chi connectivity index (χ1) is 8.07. The first-order valence-corrected chi connectivity index (χ1v) is 5.35. The van der Waals surface area contributed by atoms with E-state index in [9.17, 15) is 13.2 Å². The highest BCUT2D eigenvalue weighted by Crippen LogP contribution is 2.39. The monoisotopic (exact) mass is 241 g/mol. The largest absolute Gasteiger partial charge is 0.409 e. The van der Waals surface area contributed by atoms with E-state index >= 15 is 0 Å². The number of anilines is 1. The van der Waals surface area contributed by atoms with Crippen molar-refractivity contribution < 1.29 is 13.2 Å². The van der Waals surface area contributed by atoms with Crippen LogP contribution in [0.15, 0.2) is 24.3 Å². The van der Waals surface area contributed by atoms with E-state index < -0.39 is 12.2 Å². The van der Waals surface area contributed by atoms with Crippen LogP contribution in [-0.4, -0.2) is 22.3 Å². The fourth-order valence-electron chi connectivity index (χ4n) is 2.24. The maximum Gasteiger partial charge on any atom is 0.409 e. The van der Waals surface area contributed by atoms with Crippen molar-refractivity contribution in [2.75, 3.05) is 11.9 Å². The second-order valence-electron chi connectivity index (χ2n) is 4.07. The van der Waals surface area contributed by atoms with Crippen molar-refractivity contribution in [3.63, 3.8) is 0 Å². The third-order valence-corrected chi connectivity index (χ3v) is 2.99. The molecule has 0 fully saturated rings. The van der Waals surface area contributed by atoms with Gasteiger partial charge in [-0.1, -0.05) is 12.1 Å². The van der Waals surface area contributed by atoms with Crippen LogP contribution in [0.4, 0.5) is 19.1 Å². The van der Waals surface area contributed by atoms with E-state index in [2.05, 4.69) is 10.3 Å². The number of imidazole rings is 1. The van der Waals surface area contributed by atoms with Crippen molar-refractivity contribution in [2.45, 2.75) is 18.6 Å². The summed E-state index contributed by atoms with van der Waals surface area (Å²) in [7, 11) is 0. The molecule has 1 aromatic carbocycles. The molecule has 0 saturated carbocycles. The van der Waals surface area contributed by atoms with E-state index in [4.69, 9.17) is 0 Å². The van der Waals surface area contributed by atoms with E-state index in [-0.39, 0.29) is 6.42 Å². The number of para-hydroxylation sites is 2. The first-order valence-electron chi connectivity index (χ1n) is 5.35. The molecule has 0 bridgehead atoms. The molecule has 2 aromatic rings. The normalized spacial score (nSPS) is 20.1. The van der Waals surface area contributed by atoms with Gasteiger partial charge in [-0.15, -0.1) is 0 Å². The van der Waals surface area contributed by atoms with Gasteiger partial charge in [0.2, 0.25) is 5.95 Å². The molecular weight excluding hydrogens is 231 g/mol. The predicted octanol–water partition coefficient (Wildman–Crippen LogP) is 2.96. The summed E-state index contributed by atoms with van der Waals surface area (Å²) in [6, 6.07) is 5.39. The van der Waals surface area contributed by atoms with Gasteiger partial charge in [-0.2, -0.15) is 13.2 Å². The van der Waals surface area contributed by atoms with Gasteiger partial charge in [0.15, 0.2) is 0 Å². The van der Waals surface area contributed by atoms with Crippen LogP contribution in [0, 0.1) is 0 Å². The summed E-state index contributed by atoms with van der Waals surface area (Å²) in [6.45, 7) is 0.299. The Morgan fingerprint density at radius 1 is 1.29 bits per heavy atom. The smallest absolute Gasteiger partial charge is 0.356 e. The van der Waals surface area contributed by atoms with Crippen molar-refractivity contribution in [3.05, 3.63) is 24.3 Å². The highest BCUT2D eigenvalue weighted by Gasteiger charge is 2.43. The summed E-state index contributed by atoms with van der Waals surface area (Å²) in [5.74, 6) is 0.305. The zero-order valence-corrected chi connectivity index (χ0v) is 8.83. The third-order valence-electron chi connectivity index (χ3n) is 2.99. The number of benzene rings is 1. The number of hydrogen-bond acceptors (Lipinski definition) is 2. The topological polar surface area (TPSA) is 29.9 Å². The number of alkyl halides is 3. The fourth-order valence-corrected chi connectivity index (χ4v) is 2.24. The highest BCUT2D eigenvalue weighted by atomic mass is 19.4. The van der Waals surface area contributed by atoms with Crippen molar-refractivity contribution in [3.8, 4) is 0 Å². The SMILES string of the molecule is FC(F)(F)C1CCNc2nc3ccccc3n21. The summed E-state index contributed by atoms with van der Waals surface area (Å²) in [6.07, 6.45) is -4.20. The fraction of sp³-hybridized carbons (Fsp3) is 0.364. The summed E-state index contributed by atoms with van der Waals surface area (Å²) >= 11 is 0. The Hall–Kier alpha value is -1.72. The molecule has 3 nitrogen and oxygen atoms in total. The van der Waals surface area contributed by atoms with Crippen molar-refractivity contribution >= 4 is 17.0 Å². The van der Waals surface area contributed by atoms with Crippen LogP contribution >= 0.6 is 0 Å². The van der Waals surface area contributed by atoms with Crippen LogP contribution in [0.25, 0.3) is 11.0 Å². The third kappa shape index (κ3) is 1.55. The molecule has 17 heavy (non-hydrogen) atoms. The second-order valence-corrected chi connectivity index (χ2v) is 4.07. The van der Waals surface area contributed by atoms with Crippen LogP contribution in [0.5, 0.6) is 0 Å². The van der Waals surface area contributed by atoms with Crippen LogP contribution in [0.2, 0.25) is 0 Å². The second kappa shape index (κ2) is 3.38. The first kappa shape index (κ1) is 10.4. The van der Waals surface area contributed by atoms with E-state index in [0.29, 0.717) is 23.5 Å². The van der Waals surface area contributed by atoms with Crippen LogP contribution in [0.1, 0.15) is 12.5 Å². The lowest BCUT2D eigenvalue weighted by atomic mass is 10.1. The quantitative estimate of drug-likeness (QED) is 0.768. The minimum Gasteiger partial charge on any atom is -0.356 e. The lowest BCUT2D eigenvalue weighted by Crippen LogP contribution is -2.33. The molecule has 6 heteroatoms. The summed E-state index contributed by atoms with van der Waals surface area (Å²) in [5, 5.41) is 2.91. The molecule has 1 aromatic heterocycles. The van der Waals surface area contributed by atoms with Crippen LogP contribution in [0.3, 0.4) is 0 Å². The zero-order valence-electron chi connectivity index (χ0n) is 8.83. The minimum atomic E-state index is -4.24. The summed E-state index contributed by atoms with van der Waals surface area (Å²) < 4.78 is 40.1. The molecule has 0 aliphatic carbocycles. The van der Waals surface area contributed by atoms with E-state index in [0.717, 1.165) is 0 Å². The van der Waals surface area contributed by atoms with Gasteiger partial charge in [-0.25, -0.2) is 4.98 Å². The van der Waals surface area contributed by atoms with Gasteiger partial charge in [0, 0.05) is 6.54 Å². The molecule has 0 radical (unpaired) electrons. The number of nitrogens with zero attached hydrogens (tertiary/aromatic N) is 2. The van der Waals surface area contributed by atoms with Gasteiger partial charge in [-0.3, -0.25) is 4.57 Å². The molecule has 1 N–H and O–H groups in total. The lowest BCUT2D eigenvalue weighted by molar-refractivity contribution is -0.168. The highest BCUT2D eigenvalue weighted by molar-refractivity contribution is 5.79. The van der Waals surface area contributed by atoms with Gasteiger partial charge >= 0.3 is 6.18 Å². The molecule has 2 heterocycles. The number of nitrogens with one attached hydrogen (secondary N) is 1. The number of hydrogen-bond donors (Lipinski definition) is 1. The van der Waals surface area contributed by atoms with Crippen molar-refractivity contribution in [1.82, 2.24) is 9.55 Å². The molecule has 1 aliphatic rings. The van der Waals surface area contributed by atoms with E-state index in [1.165, 1.54) is 4.57 Å². The zero-order chi connectivity index (χ0) is 12.0. The predicted molar refractivity (Wildman–Crippen MR) is 57.9 cm³/mol. The Morgan fingerprint density at radius 3 is 2.82 bits per heavy atom. The number of rotatable bonds is 0. The maximum absolute atomic E-state index is 12.9. The standard InChI is InChI=1S/C11H10F3N3/c12-11(13,14)9-5-6-15-10-16-7-3-1-2-4-8(7)17(9)10/h1-4,9H,5-6H2,(H,15,16). The minimum absolute atomic E-state index is 0.0385. The Morgan fingerprint density at radius 2 is 2.06 bits per heavy atom. The Bertz CT molecular complexity index is 559. The average Bonchev–Trinajstić information content (AvgIpc) is 2.65. The summed E-state index contributed by atoms with van der Waals surface area (Å²) in [5.41, 5.74) is 1.11. The number of fused-ring (bicyclic) bond motifs is 3. The van der Waals surface area contributed by atoms with E-state index in [1.54, 1.807) is 24.3 Å². The molecule has 1 aliphatic heterocycles. The van der Waals surface area contributed by atoms with Gasteiger partial charge in [0.05, 0.1) is 11.0 Å².